The largest absolute Gasteiger partial charge is 0.299 e. The number of hydrogen-bond acceptors (Lipinski definition) is 1. The lowest BCUT2D eigenvalue weighted by molar-refractivity contribution is -0.120. The van der Waals surface area contributed by atoms with Gasteiger partial charge in [-0.05, 0) is 24.8 Å². The fourth-order valence-electron chi connectivity index (χ4n) is 1.52. The average molecular weight is 174 g/mol. The first kappa shape index (κ1) is 8.49. The summed E-state index contributed by atoms with van der Waals surface area (Å²) in [5.74, 6) is 0.882. The van der Waals surface area contributed by atoms with Crippen molar-refractivity contribution in [1.29, 1.82) is 0 Å². The quantitative estimate of drug-likeness (QED) is 0.685. The van der Waals surface area contributed by atoms with Crippen LogP contribution in [-0.2, 0) is 11.2 Å². The summed E-state index contributed by atoms with van der Waals surface area (Å²) in [6, 6.07) is 10.2. The van der Waals surface area contributed by atoms with Crippen LogP contribution < -0.4 is 0 Å². The first-order chi connectivity index (χ1) is 6.36. The van der Waals surface area contributed by atoms with Crippen LogP contribution in [0.25, 0.3) is 0 Å². The Morgan fingerprint density at radius 2 is 1.92 bits per heavy atom. The van der Waals surface area contributed by atoms with Crippen molar-refractivity contribution in [2.75, 3.05) is 0 Å². The highest BCUT2D eigenvalue weighted by atomic mass is 16.1. The summed E-state index contributed by atoms with van der Waals surface area (Å²) in [4.78, 5) is 11.4. The first-order valence-electron chi connectivity index (χ1n) is 4.93. The van der Waals surface area contributed by atoms with Gasteiger partial charge < -0.3 is 0 Å². The Morgan fingerprint density at radius 3 is 2.54 bits per heavy atom. The van der Waals surface area contributed by atoms with E-state index < -0.39 is 0 Å². The molecule has 0 saturated heterocycles. The van der Waals surface area contributed by atoms with Crippen LogP contribution in [0.15, 0.2) is 30.3 Å². The predicted octanol–water partition coefficient (Wildman–Crippen LogP) is 2.60. The molecule has 1 heteroatoms. The number of benzene rings is 1. The third kappa shape index (κ3) is 2.41. The zero-order valence-electron chi connectivity index (χ0n) is 7.70. The maximum Gasteiger partial charge on any atom is 0.136 e. The Balaban J connectivity index is 1.82. The molecular weight excluding hydrogens is 160 g/mol. The van der Waals surface area contributed by atoms with Crippen molar-refractivity contribution in [3.05, 3.63) is 35.9 Å². The third-order valence-electron chi connectivity index (χ3n) is 2.54. The van der Waals surface area contributed by atoms with Gasteiger partial charge in [0.25, 0.3) is 0 Å². The first-order valence-corrected chi connectivity index (χ1v) is 4.93. The minimum absolute atomic E-state index is 0.420. The van der Waals surface area contributed by atoms with Crippen LogP contribution in [0.4, 0.5) is 0 Å². The Hall–Kier alpha value is -1.11. The molecule has 1 aliphatic carbocycles. The zero-order chi connectivity index (χ0) is 9.10. The molecule has 1 saturated carbocycles. The molecule has 1 nitrogen and oxygen atoms in total. The van der Waals surface area contributed by atoms with Gasteiger partial charge in [0, 0.05) is 12.3 Å². The highest BCUT2D eigenvalue weighted by Crippen LogP contribution is 2.31. The van der Waals surface area contributed by atoms with Gasteiger partial charge in [-0.1, -0.05) is 30.3 Å². The lowest BCUT2D eigenvalue weighted by Crippen LogP contribution is -2.01. The van der Waals surface area contributed by atoms with E-state index >= 15 is 0 Å². The molecule has 1 aromatic rings. The van der Waals surface area contributed by atoms with Crippen molar-refractivity contribution >= 4 is 5.78 Å². The van der Waals surface area contributed by atoms with Gasteiger partial charge in [0.1, 0.15) is 5.78 Å². The van der Waals surface area contributed by atoms with E-state index in [9.17, 15) is 4.79 Å². The minimum Gasteiger partial charge on any atom is -0.299 e. The monoisotopic (exact) mass is 174 g/mol. The van der Waals surface area contributed by atoms with E-state index in [1.54, 1.807) is 0 Å². The Labute approximate surface area is 78.8 Å². The van der Waals surface area contributed by atoms with Gasteiger partial charge in [-0.15, -0.1) is 0 Å². The van der Waals surface area contributed by atoms with Crippen LogP contribution in [0.1, 0.15) is 24.8 Å². The summed E-state index contributed by atoms with van der Waals surface area (Å²) in [5, 5.41) is 0. The molecule has 1 aliphatic rings. The predicted molar refractivity (Wildman–Crippen MR) is 52.5 cm³/mol. The Morgan fingerprint density at radius 1 is 1.23 bits per heavy atom. The summed E-state index contributed by atoms with van der Waals surface area (Å²) >= 11 is 0. The van der Waals surface area contributed by atoms with Crippen LogP contribution >= 0.6 is 0 Å². The number of rotatable bonds is 4. The van der Waals surface area contributed by atoms with E-state index in [0.717, 1.165) is 25.7 Å². The second kappa shape index (κ2) is 3.73. The molecular formula is C12H14O. The van der Waals surface area contributed by atoms with E-state index in [4.69, 9.17) is 0 Å². The van der Waals surface area contributed by atoms with Gasteiger partial charge in [-0.2, -0.15) is 0 Å². The molecule has 13 heavy (non-hydrogen) atoms. The molecule has 68 valence electrons. The van der Waals surface area contributed by atoms with Crippen LogP contribution in [0.5, 0.6) is 0 Å². The van der Waals surface area contributed by atoms with Crippen molar-refractivity contribution in [2.45, 2.75) is 25.7 Å². The molecule has 0 N–H and O–H groups in total. The van der Waals surface area contributed by atoms with E-state index in [1.807, 2.05) is 18.2 Å². The van der Waals surface area contributed by atoms with Gasteiger partial charge in [-0.25, -0.2) is 0 Å². The summed E-state index contributed by atoms with van der Waals surface area (Å²) in [6.45, 7) is 0. The van der Waals surface area contributed by atoms with Gasteiger partial charge in [-0.3, -0.25) is 4.79 Å². The smallest absolute Gasteiger partial charge is 0.136 e. The summed E-state index contributed by atoms with van der Waals surface area (Å²) < 4.78 is 0. The summed E-state index contributed by atoms with van der Waals surface area (Å²) in [7, 11) is 0. The second-order valence-corrected chi connectivity index (χ2v) is 3.73. The van der Waals surface area contributed by atoms with Crippen LogP contribution in [0.3, 0.4) is 0 Å². The molecule has 0 aliphatic heterocycles. The number of hydrogen-bond donors (Lipinski definition) is 0. The molecule has 1 fully saturated rings. The van der Waals surface area contributed by atoms with Crippen LogP contribution in [0.2, 0.25) is 0 Å². The van der Waals surface area contributed by atoms with Crippen molar-refractivity contribution < 1.29 is 4.79 Å². The third-order valence-corrected chi connectivity index (χ3v) is 2.54. The number of carbonyl (C=O) groups is 1. The van der Waals surface area contributed by atoms with Gasteiger partial charge in [0.2, 0.25) is 0 Å². The molecule has 0 spiro atoms. The topological polar surface area (TPSA) is 17.1 Å². The minimum atomic E-state index is 0.420. The van der Waals surface area contributed by atoms with E-state index in [1.165, 1.54) is 5.56 Å². The van der Waals surface area contributed by atoms with Crippen molar-refractivity contribution in [3.63, 3.8) is 0 Å². The molecule has 0 unspecified atom stereocenters. The number of ketones is 1. The molecule has 0 amide bonds. The standard InChI is InChI=1S/C12H14O/c13-12(11-7-8-11)9-6-10-4-2-1-3-5-10/h1-5,11H,6-9H2. The molecule has 0 radical (unpaired) electrons. The highest BCUT2D eigenvalue weighted by molar-refractivity contribution is 5.83. The maximum absolute atomic E-state index is 11.4. The van der Waals surface area contributed by atoms with Crippen LogP contribution in [0, 0.1) is 5.92 Å². The van der Waals surface area contributed by atoms with E-state index in [0.29, 0.717) is 11.7 Å². The van der Waals surface area contributed by atoms with Gasteiger partial charge in [0.05, 0.1) is 0 Å². The van der Waals surface area contributed by atoms with Gasteiger partial charge >= 0.3 is 0 Å². The van der Waals surface area contributed by atoms with Gasteiger partial charge in [0.15, 0.2) is 0 Å². The fourth-order valence-corrected chi connectivity index (χ4v) is 1.52. The lowest BCUT2D eigenvalue weighted by atomic mass is 10.1. The zero-order valence-corrected chi connectivity index (χ0v) is 7.70. The molecule has 1 aromatic carbocycles. The molecule has 0 aromatic heterocycles. The van der Waals surface area contributed by atoms with E-state index in [-0.39, 0.29) is 0 Å². The van der Waals surface area contributed by atoms with Crippen molar-refractivity contribution in [1.82, 2.24) is 0 Å². The summed E-state index contributed by atoms with van der Waals surface area (Å²) in [6.07, 6.45) is 3.91. The molecule has 0 atom stereocenters. The normalized spacial score (nSPS) is 15.7. The maximum atomic E-state index is 11.4. The van der Waals surface area contributed by atoms with Crippen LogP contribution in [-0.4, -0.2) is 5.78 Å². The number of Topliss-reactive ketones (excluding diaryl/α,β-unsaturated/α-hetero) is 1. The Kier molecular flexibility index (Phi) is 2.44. The second-order valence-electron chi connectivity index (χ2n) is 3.73. The van der Waals surface area contributed by atoms with Crippen molar-refractivity contribution in [2.24, 2.45) is 5.92 Å². The lowest BCUT2D eigenvalue weighted by Gasteiger charge is -1.99. The average Bonchev–Trinajstić information content (AvgIpc) is 2.99. The molecule has 0 heterocycles. The number of carbonyl (C=O) groups excluding carboxylic acids is 1. The molecule has 2 rings (SSSR count). The molecule has 0 bridgehead atoms. The SMILES string of the molecule is O=C(CCc1ccccc1)C1CC1. The number of aryl methyl sites for hydroxylation is 1. The summed E-state index contributed by atoms with van der Waals surface area (Å²) in [5.41, 5.74) is 1.27. The highest BCUT2D eigenvalue weighted by Gasteiger charge is 2.28. The Bertz CT molecular complexity index is 285. The van der Waals surface area contributed by atoms with Crippen molar-refractivity contribution in [3.8, 4) is 0 Å². The van der Waals surface area contributed by atoms with E-state index in [2.05, 4.69) is 12.1 Å². The fraction of sp³-hybridized carbons (Fsp3) is 0.417.